The minimum Gasteiger partial charge on any atom is -0.487 e. The van der Waals surface area contributed by atoms with Crippen molar-refractivity contribution in [1.29, 1.82) is 0 Å². The molecule has 0 atom stereocenters. The van der Waals surface area contributed by atoms with Crippen molar-refractivity contribution in [2.24, 2.45) is 0 Å². The normalized spacial score (nSPS) is 18.0. The van der Waals surface area contributed by atoms with E-state index in [4.69, 9.17) is 27.9 Å². The number of benzene rings is 1. The summed E-state index contributed by atoms with van der Waals surface area (Å²) in [5.74, 6) is -3.50. The van der Waals surface area contributed by atoms with Crippen molar-refractivity contribution in [1.82, 2.24) is 14.0 Å². The van der Waals surface area contributed by atoms with E-state index in [0.717, 1.165) is 24.6 Å². The van der Waals surface area contributed by atoms with Crippen molar-refractivity contribution in [3.63, 3.8) is 0 Å². The van der Waals surface area contributed by atoms with E-state index in [1.807, 2.05) is 0 Å². The summed E-state index contributed by atoms with van der Waals surface area (Å²) in [6.07, 6.45) is 3.71. The fourth-order valence-corrected chi connectivity index (χ4v) is 4.25. The molecule has 2 aliphatic rings. The van der Waals surface area contributed by atoms with Gasteiger partial charge in [-0.3, -0.25) is 14.5 Å². The van der Waals surface area contributed by atoms with Crippen LogP contribution in [0.25, 0.3) is 0 Å². The molecule has 1 N–H and O–H groups in total. The number of hydrogen-bond donors (Lipinski definition) is 1. The Labute approximate surface area is 185 Å². The maximum atomic E-state index is 14.4. The standard InChI is InChI=1S/C19H16Cl2F3N3O2S/c20-14-5-13(18(28)26-30-27-8-19(23,24)9-27)16(22)3-11(14)7-29-12-4-15(21)17(25-6-12)10-1-2-10/h3-6,10H,1-2,7-9H2,(H,26,28). The molecule has 0 radical (unpaired) electrons. The van der Waals surface area contributed by atoms with Crippen molar-refractivity contribution in [3.05, 3.63) is 57.1 Å². The molecule has 30 heavy (non-hydrogen) atoms. The first-order valence-corrected chi connectivity index (χ1v) is 10.6. The SMILES string of the molecule is O=C(NSN1CC(F)(F)C1)c1cc(Cl)c(COc2cnc(C3CC3)c(Cl)c2)cc1F. The number of hydrogen-bond acceptors (Lipinski definition) is 5. The molecule has 1 aromatic heterocycles. The van der Waals surface area contributed by atoms with Crippen LogP contribution in [0.3, 0.4) is 0 Å². The number of carbonyl (C=O) groups excluding carboxylic acids is 1. The molecule has 0 unspecified atom stereocenters. The van der Waals surface area contributed by atoms with Crippen LogP contribution in [0, 0.1) is 5.82 Å². The second-order valence-corrected chi connectivity index (χ2v) is 8.92. The molecule has 11 heteroatoms. The molecule has 1 saturated heterocycles. The zero-order valence-electron chi connectivity index (χ0n) is 15.4. The van der Waals surface area contributed by atoms with Crippen molar-refractivity contribution in [3.8, 4) is 5.75 Å². The predicted octanol–water partition coefficient (Wildman–Crippen LogP) is 5.23. The van der Waals surface area contributed by atoms with Crippen molar-refractivity contribution < 1.29 is 22.7 Å². The van der Waals surface area contributed by atoms with Crippen LogP contribution >= 0.6 is 35.3 Å². The molecule has 0 bridgehead atoms. The van der Waals surface area contributed by atoms with Gasteiger partial charge < -0.3 is 4.74 Å². The number of nitrogens with zero attached hydrogens (tertiary/aromatic N) is 2. The first-order chi connectivity index (χ1) is 14.2. The zero-order valence-corrected chi connectivity index (χ0v) is 17.8. The van der Waals surface area contributed by atoms with Crippen LogP contribution < -0.4 is 9.46 Å². The largest absolute Gasteiger partial charge is 0.487 e. The molecular formula is C19H16Cl2F3N3O2S. The summed E-state index contributed by atoms with van der Waals surface area (Å²) in [4.78, 5) is 16.5. The zero-order chi connectivity index (χ0) is 21.5. The quantitative estimate of drug-likeness (QED) is 0.553. The smallest absolute Gasteiger partial charge is 0.274 e. The molecule has 1 saturated carbocycles. The van der Waals surface area contributed by atoms with Gasteiger partial charge in [-0.25, -0.2) is 17.5 Å². The van der Waals surface area contributed by atoms with Gasteiger partial charge >= 0.3 is 0 Å². The molecule has 2 aromatic rings. The van der Waals surface area contributed by atoms with Gasteiger partial charge in [-0.05, 0) is 25.0 Å². The molecule has 1 aromatic carbocycles. The van der Waals surface area contributed by atoms with Crippen molar-refractivity contribution in [2.75, 3.05) is 13.1 Å². The predicted molar refractivity (Wildman–Crippen MR) is 109 cm³/mol. The number of ether oxygens (including phenoxy) is 1. The number of rotatable bonds is 7. The van der Waals surface area contributed by atoms with Crippen LogP contribution in [0.15, 0.2) is 24.4 Å². The van der Waals surface area contributed by atoms with E-state index in [-0.39, 0.29) is 17.2 Å². The first kappa shape index (κ1) is 21.5. The van der Waals surface area contributed by atoms with Crippen molar-refractivity contribution in [2.45, 2.75) is 31.3 Å². The number of pyridine rings is 1. The third-order valence-corrected chi connectivity index (χ3v) is 6.11. The fraction of sp³-hybridized carbons (Fsp3) is 0.368. The lowest BCUT2D eigenvalue weighted by Gasteiger charge is -2.36. The molecule has 2 heterocycles. The van der Waals surface area contributed by atoms with E-state index < -0.39 is 30.7 Å². The fourth-order valence-electron chi connectivity index (χ4n) is 2.90. The van der Waals surface area contributed by atoms with Gasteiger partial charge in [0.1, 0.15) is 18.2 Å². The van der Waals surface area contributed by atoms with Crippen LogP contribution in [0.5, 0.6) is 5.75 Å². The lowest BCUT2D eigenvalue weighted by Crippen LogP contribution is -2.53. The van der Waals surface area contributed by atoms with E-state index in [0.29, 0.717) is 34.4 Å². The molecule has 2 fully saturated rings. The minimum absolute atomic E-state index is 0.0456. The highest BCUT2D eigenvalue weighted by molar-refractivity contribution is 7.95. The second kappa shape index (κ2) is 8.45. The summed E-state index contributed by atoms with van der Waals surface area (Å²) in [6.45, 7) is -0.994. The van der Waals surface area contributed by atoms with E-state index in [2.05, 4.69) is 9.71 Å². The van der Waals surface area contributed by atoms with Crippen LogP contribution in [-0.2, 0) is 6.61 Å². The topological polar surface area (TPSA) is 54.5 Å². The second-order valence-electron chi connectivity index (χ2n) is 7.20. The average Bonchev–Trinajstić information content (AvgIpc) is 3.49. The maximum Gasteiger partial charge on any atom is 0.274 e. The Morgan fingerprint density at radius 2 is 2.00 bits per heavy atom. The lowest BCUT2D eigenvalue weighted by molar-refractivity contribution is -0.0907. The number of alkyl halides is 2. The van der Waals surface area contributed by atoms with Gasteiger partial charge in [0.2, 0.25) is 0 Å². The number of nitrogens with one attached hydrogen (secondary N) is 1. The Bertz CT molecular complexity index is 984. The summed E-state index contributed by atoms with van der Waals surface area (Å²) < 4.78 is 49.2. The maximum absolute atomic E-state index is 14.4. The highest BCUT2D eigenvalue weighted by Crippen LogP contribution is 2.42. The van der Waals surface area contributed by atoms with E-state index in [1.165, 1.54) is 10.4 Å². The Balaban J connectivity index is 1.36. The van der Waals surface area contributed by atoms with E-state index in [1.54, 1.807) is 12.3 Å². The molecule has 1 amide bonds. The van der Waals surface area contributed by atoms with Crippen LogP contribution in [0.2, 0.25) is 10.0 Å². The van der Waals surface area contributed by atoms with Gasteiger partial charge in [-0.1, -0.05) is 23.2 Å². The summed E-state index contributed by atoms with van der Waals surface area (Å²) in [6, 6.07) is 3.94. The van der Waals surface area contributed by atoms with Gasteiger partial charge in [0.05, 0.1) is 35.6 Å². The van der Waals surface area contributed by atoms with Gasteiger partial charge in [-0.2, -0.15) is 0 Å². The van der Waals surface area contributed by atoms with Gasteiger partial charge in [0, 0.05) is 34.7 Å². The molecule has 0 spiro atoms. The Morgan fingerprint density at radius 3 is 2.63 bits per heavy atom. The third kappa shape index (κ3) is 4.96. The minimum atomic E-state index is -2.76. The number of aromatic nitrogens is 1. The lowest BCUT2D eigenvalue weighted by atomic mass is 10.1. The Morgan fingerprint density at radius 1 is 1.27 bits per heavy atom. The molecular weight excluding hydrogens is 462 g/mol. The summed E-state index contributed by atoms with van der Waals surface area (Å²) in [5.41, 5.74) is 0.897. The number of carbonyl (C=O) groups is 1. The van der Waals surface area contributed by atoms with Crippen LogP contribution in [-0.4, -0.2) is 34.2 Å². The van der Waals surface area contributed by atoms with Gasteiger partial charge in [-0.15, -0.1) is 0 Å². The van der Waals surface area contributed by atoms with Crippen LogP contribution in [0.4, 0.5) is 13.2 Å². The van der Waals surface area contributed by atoms with Gasteiger partial charge in [0.25, 0.3) is 11.8 Å². The highest BCUT2D eigenvalue weighted by atomic mass is 35.5. The van der Waals surface area contributed by atoms with E-state index >= 15 is 0 Å². The summed E-state index contributed by atoms with van der Waals surface area (Å²) in [7, 11) is 0. The first-order valence-electron chi connectivity index (χ1n) is 9.08. The third-order valence-electron chi connectivity index (χ3n) is 4.67. The van der Waals surface area contributed by atoms with Crippen molar-refractivity contribution >= 4 is 41.2 Å². The Hall–Kier alpha value is -1.68. The summed E-state index contributed by atoms with van der Waals surface area (Å²) in [5, 5.41) is 0.660. The number of amides is 1. The monoisotopic (exact) mass is 477 g/mol. The molecule has 4 rings (SSSR count). The highest BCUT2D eigenvalue weighted by Gasteiger charge is 2.44. The molecule has 1 aliphatic carbocycles. The molecule has 1 aliphatic heterocycles. The summed E-state index contributed by atoms with van der Waals surface area (Å²) >= 11 is 13.1. The van der Waals surface area contributed by atoms with E-state index in [9.17, 15) is 18.0 Å². The number of halogens is 5. The Kier molecular flexibility index (Phi) is 6.07. The average molecular weight is 478 g/mol. The molecule has 5 nitrogen and oxygen atoms in total. The van der Waals surface area contributed by atoms with Gasteiger partial charge in [0.15, 0.2) is 0 Å². The molecule has 160 valence electrons. The van der Waals surface area contributed by atoms with Crippen LogP contribution in [0.1, 0.15) is 40.4 Å².